The van der Waals surface area contributed by atoms with Gasteiger partial charge in [-0.05, 0) is 36.8 Å². The summed E-state index contributed by atoms with van der Waals surface area (Å²) < 4.78 is 0. The molecule has 3 N–H and O–H groups in total. The van der Waals surface area contributed by atoms with E-state index in [1.54, 1.807) is 4.90 Å². The van der Waals surface area contributed by atoms with Crippen LogP contribution in [0.15, 0.2) is 24.3 Å². The lowest BCUT2D eigenvalue weighted by molar-refractivity contribution is -0.126. The van der Waals surface area contributed by atoms with Crippen LogP contribution >= 0.6 is 12.4 Å². The van der Waals surface area contributed by atoms with Gasteiger partial charge >= 0.3 is 0 Å². The maximum absolute atomic E-state index is 12.5. The van der Waals surface area contributed by atoms with Gasteiger partial charge in [0.05, 0.1) is 12.6 Å². The Bertz CT molecular complexity index is 548. The van der Waals surface area contributed by atoms with Crippen LogP contribution in [0.4, 0.5) is 5.69 Å². The minimum Gasteiger partial charge on any atom is -0.346 e. The third kappa shape index (κ3) is 4.94. The fourth-order valence-corrected chi connectivity index (χ4v) is 2.63. The minimum atomic E-state index is -0.579. The Balaban J connectivity index is 0.00000264. The average Bonchev–Trinajstić information content (AvgIpc) is 2.73. The number of hydrogen-bond acceptors (Lipinski definition) is 3. The molecule has 6 heteroatoms. The molecule has 0 bridgehead atoms. The number of carbonyl (C=O) groups excluding carboxylic acids is 2. The Morgan fingerprint density at radius 2 is 1.96 bits per heavy atom. The maximum atomic E-state index is 12.5. The number of fused-ring (bicyclic) bond motifs is 1. The second-order valence-electron chi connectivity index (χ2n) is 6.12. The molecule has 0 unspecified atom stereocenters. The van der Waals surface area contributed by atoms with Crippen LogP contribution in [-0.2, 0) is 16.0 Å². The summed E-state index contributed by atoms with van der Waals surface area (Å²) in [5.41, 5.74) is 7.95. The first-order chi connectivity index (χ1) is 10.5. The summed E-state index contributed by atoms with van der Waals surface area (Å²) in [6.07, 6.45) is 3.04. The molecule has 1 aromatic rings. The number of carbonyl (C=O) groups is 2. The van der Waals surface area contributed by atoms with Crippen molar-refractivity contribution >= 4 is 29.9 Å². The van der Waals surface area contributed by atoms with Gasteiger partial charge in [-0.25, -0.2) is 0 Å². The Hall–Kier alpha value is -1.59. The van der Waals surface area contributed by atoms with Gasteiger partial charge in [-0.3, -0.25) is 9.59 Å². The van der Waals surface area contributed by atoms with E-state index in [9.17, 15) is 9.59 Å². The van der Waals surface area contributed by atoms with Crippen molar-refractivity contribution in [3.63, 3.8) is 0 Å². The second-order valence-corrected chi connectivity index (χ2v) is 6.12. The fraction of sp³-hybridized carbons (Fsp3) is 0.529. The van der Waals surface area contributed by atoms with Gasteiger partial charge in [-0.1, -0.05) is 32.0 Å². The Morgan fingerprint density at radius 3 is 2.65 bits per heavy atom. The standard InChI is InChI=1S/C17H25N3O2.ClH/c1-12(2)16(18)17(22)19-11-15(21)20-10-6-5-8-13-7-3-4-9-14(13)20;/h3-4,7,9,12,16H,5-6,8,10-11,18H2,1-2H3,(H,19,22);1H/t16-;/m0./s1. The van der Waals surface area contributed by atoms with E-state index in [0.717, 1.165) is 24.9 Å². The summed E-state index contributed by atoms with van der Waals surface area (Å²) in [5.74, 6) is -0.306. The van der Waals surface area contributed by atoms with Gasteiger partial charge in [-0.2, -0.15) is 0 Å². The molecule has 1 aliphatic rings. The lowest BCUT2D eigenvalue weighted by atomic mass is 10.1. The molecular formula is C17H26ClN3O2. The van der Waals surface area contributed by atoms with Crippen molar-refractivity contribution in [2.45, 2.75) is 39.2 Å². The first kappa shape index (κ1) is 19.5. The summed E-state index contributed by atoms with van der Waals surface area (Å²) in [5, 5.41) is 2.66. The Morgan fingerprint density at radius 1 is 1.26 bits per heavy atom. The Kier molecular flexibility index (Phi) is 7.52. The number of para-hydroxylation sites is 1. The second kappa shape index (κ2) is 8.89. The van der Waals surface area contributed by atoms with Crippen LogP contribution in [0.2, 0.25) is 0 Å². The average molecular weight is 340 g/mol. The molecule has 1 atom stereocenters. The summed E-state index contributed by atoms with van der Waals surface area (Å²) >= 11 is 0. The highest BCUT2D eigenvalue weighted by atomic mass is 35.5. The van der Waals surface area contributed by atoms with Gasteiger partial charge in [0, 0.05) is 12.2 Å². The zero-order chi connectivity index (χ0) is 16.1. The predicted octanol–water partition coefficient (Wildman–Crippen LogP) is 1.88. The molecular weight excluding hydrogens is 314 g/mol. The first-order valence-electron chi connectivity index (χ1n) is 7.92. The van der Waals surface area contributed by atoms with Crippen molar-refractivity contribution in [1.29, 1.82) is 0 Å². The van der Waals surface area contributed by atoms with Crippen molar-refractivity contribution < 1.29 is 9.59 Å². The van der Waals surface area contributed by atoms with E-state index in [-0.39, 0.29) is 36.7 Å². The summed E-state index contributed by atoms with van der Waals surface area (Å²) in [6.45, 7) is 4.46. The molecule has 1 heterocycles. The zero-order valence-electron chi connectivity index (χ0n) is 13.7. The number of benzene rings is 1. The van der Waals surface area contributed by atoms with E-state index in [1.807, 2.05) is 32.0 Å². The van der Waals surface area contributed by atoms with Crippen LogP contribution in [0.3, 0.4) is 0 Å². The van der Waals surface area contributed by atoms with Crippen molar-refractivity contribution in [2.24, 2.45) is 11.7 Å². The Labute approximate surface area is 144 Å². The SMILES string of the molecule is CC(C)[C@H](N)C(=O)NCC(=O)N1CCCCc2ccccc21.Cl. The van der Waals surface area contributed by atoms with Crippen molar-refractivity contribution in [1.82, 2.24) is 5.32 Å². The molecule has 128 valence electrons. The monoisotopic (exact) mass is 339 g/mol. The zero-order valence-corrected chi connectivity index (χ0v) is 14.6. The number of aryl methyl sites for hydroxylation is 1. The van der Waals surface area contributed by atoms with Crippen LogP contribution in [0.25, 0.3) is 0 Å². The number of halogens is 1. The van der Waals surface area contributed by atoms with Gasteiger partial charge < -0.3 is 16.0 Å². The molecule has 2 rings (SSSR count). The number of nitrogens with zero attached hydrogens (tertiary/aromatic N) is 1. The smallest absolute Gasteiger partial charge is 0.246 e. The lowest BCUT2D eigenvalue weighted by Gasteiger charge is -2.23. The molecule has 0 spiro atoms. The van der Waals surface area contributed by atoms with Gasteiger partial charge in [-0.15, -0.1) is 12.4 Å². The number of rotatable bonds is 4. The van der Waals surface area contributed by atoms with Crippen molar-refractivity contribution in [2.75, 3.05) is 18.0 Å². The molecule has 1 aromatic carbocycles. The van der Waals surface area contributed by atoms with Crippen LogP contribution in [-0.4, -0.2) is 30.9 Å². The largest absolute Gasteiger partial charge is 0.346 e. The first-order valence-corrected chi connectivity index (χ1v) is 7.92. The number of nitrogens with two attached hydrogens (primary N) is 1. The number of anilines is 1. The lowest BCUT2D eigenvalue weighted by Crippen LogP contribution is -2.48. The summed E-state index contributed by atoms with van der Waals surface area (Å²) in [4.78, 5) is 26.1. The van der Waals surface area contributed by atoms with E-state index in [0.29, 0.717) is 6.54 Å². The molecule has 0 aromatic heterocycles. The molecule has 5 nitrogen and oxygen atoms in total. The quantitative estimate of drug-likeness (QED) is 0.879. The molecule has 0 radical (unpaired) electrons. The normalized spacial score (nSPS) is 15.2. The molecule has 23 heavy (non-hydrogen) atoms. The van der Waals surface area contributed by atoms with Crippen LogP contribution < -0.4 is 16.0 Å². The van der Waals surface area contributed by atoms with Crippen LogP contribution in [0.5, 0.6) is 0 Å². The number of hydrogen-bond donors (Lipinski definition) is 2. The minimum absolute atomic E-state index is 0. The van der Waals surface area contributed by atoms with Gasteiger partial charge in [0.25, 0.3) is 0 Å². The maximum Gasteiger partial charge on any atom is 0.246 e. The van der Waals surface area contributed by atoms with Gasteiger partial charge in [0.2, 0.25) is 11.8 Å². The van der Waals surface area contributed by atoms with Crippen LogP contribution in [0, 0.1) is 5.92 Å². The fourth-order valence-electron chi connectivity index (χ4n) is 2.63. The summed E-state index contributed by atoms with van der Waals surface area (Å²) in [6, 6.07) is 7.40. The molecule has 0 fully saturated rings. The summed E-state index contributed by atoms with van der Waals surface area (Å²) in [7, 11) is 0. The predicted molar refractivity (Wildman–Crippen MR) is 94.8 cm³/mol. The third-order valence-corrected chi connectivity index (χ3v) is 4.10. The van der Waals surface area contributed by atoms with E-state index < -0.39 is 6.04 Å². The molecule has 2 amide bonds. The highest BCUT2D eigenvalue weighted by Gasteiger charge is 2.23. The van der Waals surface area contributed by atoms with E-state index in [1.165, 1.54) is 5.56 Å². The van der Waals surface area contributed by atoms with E-state index in [2.05, 4.69) is 11.4 Å². The number of amides is 2. The van der Waals surface area contributed by atoms with Gasteiger partial charge in [0.1, 0.15) is 0 Å². The van der Waals surface area contributed by atoms with Crippen molar-refractivity contribution in [3.05, 3.63) is 29.8 Å². The van der Waals surface area contributed by atoms with Gasteiger partial charge in [0.15, 0.2) is 0 Å². The highest BCUT2D eigenvalue weighted by molar-refractivity contribution is 5.97. The molecule has 0 aliphatic carbocycles. The highest BCUT2D eigenvalue weighted by Crippen LogP contribution is 2.25. The van der Waals surface area contributed by atoms with Crippen molar-refractivity contribution in [3.8, 4) is 0 Å². The van der Waals surface area contributed by atoms with E-state index in [4.69, 9.17) is 5.73 Å². The molecule has 0 saturated heterocycles. The van der Waals surface area contributed by atoms with Crippen LogP contribution in [0.1, 0.15) is 32.3 Å². The molecule has 0 saturated carbocycles. The number of nitrogens with one attached hydrogen (secondary N) is 1. The van der Waals surface area contributed by atoms with E-state index >= 15 is 0 Å². The third-order valence-electron chi connectivity index (χ3n) is 4.10. The topological polar surface area (TPSA) is 75.4 Å². The molecule has 1 aliphatic heterocycles.